The Hall–Kier alpha value is -1.79. The van der Waals surface area contributed by atoms with E-state index in [1.54, 1.807) is 7.11 Å². The van der Waals surface area contributed by atoms with Crippen molar-refractivity contribution in [3.8, 4) is 5.75 Å². The number of hydrogen-bond acceptors (Lipinski definition) is 4. The molecule has 6 nitrogen and oxygen atoms in total. The number of carbonyl (C=O) groups excluding carboxylic acids is 1. The Kier molecular flexibility index (Phi) is 8.01. The SMILES string of the molecule is COc1ccccc1CNC(=O)C(C)N1CCCC(C(=O)O)C1.Cl. The number of carboxylic acid groups (broad SMARTS) is 1. The lowest BCUT2D eigenvalue weighted by molar-refractivity contribution is -0.145. The van der Waals surface area contributed by atoms with Gasteiger partial charge >= 0.3 is 5.97 Å². The van der Waals surface area contributed by atoms with Gasteiger partial charge in [0.15, 0.2) is 0 Å². The van der Waals surface area contributed by atoms with Crippen molar-refractivity contribution in [1.29, 1.82) is 0 Å². The van der Waals surface area contributed by atoms with Gasteiger partial charge < -0.3 is 15.2 Å². The molecule has 0 aliphatic carbocycles. The Morgan fingerprint density at radius 1 is 1.42 bits per heavy atom. The van der Waals surface area contributed by atoms with E-state index in [9.17, 15) is 9.59 Å². The fourth-order valence-corrected chi connectivity index (χ4v) is 2.90. The normalized spacial score (nSPS) is 19.0. The van der Waals surface area contributed by atoms with Gasteiger partial charge in [-0.25, -0.2) is 0 Å². The van der Waals surface area contributed by atoms with Gasteiger partial charge in [-0.05, 0) is 32.4 Å². The standard InChI is InChI=1S/C17H24N2O4.ClH/c1-12(19-9-5-7-14(11-19)17(21)22)16(20)18-10-13-6-3-4-8-15(13)23-2;/h3-4,6,8,12,14H,5,7,9-11H2,1-2H3,(H,18,20)(H,21,22);1H. The van der Waals surface area contributed by atoms with Gasteiger partial charge in [0.05, 0.1) is 19.1 Å². The number of likely N-dealkylation sites (tertiary alicyclic amines) is 1. The number of ether oxygens (including phenoxy) is 1. The molecule has 134 valence electrons. The number of nitrogens with one attached hydrogen (secondary N) is 1. The van der Waals surface area contributed by atoms with Crippen molar-refractivity contribution in [3.63, 3.8) is 0 Å². The maximum atomic E-state index is 12.4. The average Bonchev–Trinajstić information content (AvgIpc) is 2.59. The minimum atomic E-state index is -0.781. The van der Waals surface area contributed by atoms with Crippen LogP contribution in [-0.4, -0.2) is 48.1 Å². The first-order valence-electron chi connectivity index (χ1n) is 7.89. The summed E-state index contributed by atoms with van der Waals surface area (Å²) in [6.07, 6.45) is 1.49. The quantitative estimate of drug-likeness (QED) is 0.814. The van der Waals surface area contributed by atoms with Crippen LogP contribution in [0.15, 0.2) is 24.3 Å². The third kappa shape index (κ3) is 5.11. The molecular formula is C17H25ClN2O4. The average molecular weight is 357 g/mol. The molecule has 2 unspecified atom stereocenters. The predicted molar refractivity (Wildman–Crippen MR) is 93.5 cm³/mol. The summed E-state index contributed by atoms with van der Waals surface area (Å²) in [7, 11) is 1.60. The first kappa shape index (κ1) is 20.3. The second-order valence-corrected chi connectivity index (χ2v) is 5.88. The van der Waals surface area contributed by atoms with E-state index in [1.165, 1.54) is 0 Å². The summed E-state index contributed by atoms with van der Waals surface area (Å²) in [5.74, 6) is -0.518. The molecule has 0 saturated carbocycles. The molecular weight excluding hydrogens is 332 g/mol. The highest BCUT2D eigenvalue weighted by Gasteiger charge is 2.30. The number of piperidine rings is 1. The Morgan fingerprint density at radius 3 is 2.79 bits per heavy atom. The number of carbonyl (C=O) groups is 2. The number of amides is 1. The molecule has 2 atom stereocenters. The van der Waals surface area contributed by atoms with Crippen LogP contribution in [0.3, 0.4) is 0 Å². The summed E-state index contributed by atoms with van der Waals surface area (Å²) in [5.41, 5.74) is 0.914. The zero-order valence-corrected chi connectivity index (χ0v) is 14.8. The summed E-state index contributed by atoms with van der Waals surface area (Å²) in [6.45, 7) is 3.40. The maximum Gasteiger partial charge on any atom is 0.307 e. The molecule has 2 rings (SSSR count). The van der Waals surface area contributed by atoms with Crippen LogP contribution < -0.4 is 10.1 Å². The number of methoxy groups -OCH3 is 1. The molecule has 0 bridgehead atoms. The summed E-state index contributed by atoms with van der Waals surface area (Å²) in [6, 6.07) is 7.20. The van der Waals surface area contributed by atoms with Crippen molar-refractivity contribution < 1.29 is 19.4 Å². The highest BCUT2D eigenvalue weighted by atomic mass is 35.5. The molecule has 7 heteroatoms. The van der Waals surface area contributed by atoms with E-state index >= 15 is 0 Å². The summed E-state index contributed by atoms with van der Waals surface area (Å²) in [4.78, 5) is 25.4. The maximum absolute atomic E-state index is 12.4. The van der Waals surface area contributed by atoms with Crippen molar-refractivity contribution in [2.75, 3.05) is 20.2 Å². The highest BCUT2D eigenvalue weighted by molar-refractivity contribution is 5.85. The van der Waals surface area contributed by atoms with Crippen LogP contribution in [0.1, 0.15) is 25.3 Å². The van der Waals surface area contributed by atoms with Crippen LogP contribution in [0.5, 0.6) is 5.75 Å². The third-order valence-electron chi connectivity index (χ3n) is 4.37. The highest BCUT2D eigenvalue weighted by Crippen LogP contribution is 2.19. The number of halogens is 1. The van der Waals surface area contributed by atoms with Crippen molar-refractivity contribution in [2.24, 2.45) is 5.92 Å². The fraction of sp³-hybridized carbons (Fsp3) is 0.529. The van der Waals surface area contributed by atoms with Gasteiger partial charge in [0, 0.05) is 18.7 Å². The minimum Gasteiger partial charge on any atom is -0.496 e. The van der Waals surface area contributed by atoms with Crippen molar-refractivity contribution >= 4 is 24.3 Å². The molecule has 1 saturated heterocycles. The summed E-state index contributed by atoms with van der Waals surface area (Å²) >= 11 is 0. The van der Waals surface area contributed by atoms with Crippen molar-refractivity contribution in [2.45, 2.75) is 32.4 Å². The van der Waals surface area contributed by atoms with Crippen LogP contribution in [0.2, 0.25) is 0 Å². The first-order chi connectivity index (χ1) is 11.0. The second kappa shape index (κ2) is 9.49. The van der Waals surface area contributed by atoms with E-state index < -0.39 is 5.97 Å². The van der Waals surface area contributed by atoms with E-state index in [1.807, 2.05) is 36.1 Å². The second-order valence-electron chi connectivity index (χ2n) is 5.88. The molecule has 1 fully saturated rings. The smallest absolute Gasteiger partial charge is 0.307 e. The Balaban J connectivity index is 0.00000288. The molecule has 0 aromatic heterocycles. The third-order valence-corrected chi connectivity index (χ3v) is 4.37. The fourth-order valence-electron chi connectivity index (χ4n) is 2.90. The molecule has 0 radical (unpaired) electrons. The number of nitrogens with zero attached hydrogens (tertiary/aromatic N) is 1. The van der Waals surface area contributed by atoms with Crippen LogP contribution in [0.25, 0.3) is 0 Å². The van der Waals surface area contributed by atoms with E-state index in [4.69, 9.17) is 9.84 Å². The van der Waals surface area contributed by atoms with Gasteiger partial charge in [-0.2, -0.15) is 0 Å². The molecule has 1 heterocycles. The lowest BCUT2D eigenvalue weighted by Crippen LogP contribution is -2.50. The Morgan fingerprint density at radius 2 is 2.12 bits per heavy atom. The number of hydrogen-bond donors (Lipinski definition) is 2. The predicted octanol–water partition coefficient (Wildman–Crippen LogP) is 1.92. The molecule has 1 amide bonds. The molecule has 2 N–H and O–H groups in total. The Labute approximate surface area is 148 Å². The number of aliphatic carboxylic acids is 1. The number of benzene rings is 1. The van der Waals surface area contributed by atoms with Crippen LogP contribution in [0.4, 0.5) is 0 Å². The monoisotopic (exact) mass is 356 g/mol. The van der Waals surface area contributed by atoms with E-state index in [2.05, 4.69) is 5.32 Å². The number of para-hydroxylation sites is 1. The van der Waals surface area contributed by atoms with Gasteiger partial charge in [-0.3, -0.25) is 14.5 Å². The number of rotatable bonds is 6. The molecule has 1 aromatic rings. The van der Waals surface area contributed by atoms with Crippen molar-refractivity contribution in [3.05, 3.63) is 29.8 Å². The van der Waals surface area contributed by atoms with E-state index in [0.29, 0.717) is 19.5 Å². The van der Waals surface area contributed by atoms with Crippen molar-refractivity contribution in [1.82, 2.24) is 10.2 Å². The summed E-state index contributed by atoms with van der Waals surface area (Å²) < 4.78 is 5.27. The molecule has 1 aliphatic heterocycles. The molecule has 24 heavy (non-hydrogen) atoms. The largest absolute Gasteiger partial charge is 0.496 e. The topological polar surface area (TPSA) is 78.9 Å². The minimum absolute atomic E-state index is 0. The van der Waals surface area contributed by atoms with Crippen LogP contribution >= 0.6 is 12.4 Å². The lowest BCUT2D eigenvalue weighted by atomic mass is 9.97. The van der Waals surface area contributed by atoms with Crippen LogP contribution in [-0.2, 0) is 16.1 Å². The molecule has 1 aromatic carbocycles. The van der Waals surface area contributed by atoms with Gasteiger partial charge in [0.25, 0.3) is 0 Å². The first-order valence-corrected chi connectivity index (χ1v) is 7.89. The summed E-state index contributed by atoms with van der Waals surface area (Å²) in [5, 5.41) is 12.1. The van der Waals surface area contributed by atoms with Crippen LogP contribution in [0, 0.1) is 5.92 Å². The zero-order chi connectivity index (χ0) is 16.8. The van der Waals surface area contributed by atoms with E-state index in [-0.39, 0.29) is 30.3 Å². The van der Waals surface area contributed by atoms with Gasteiger partial charge in [0.1, 0.15) is 5.75 Å². The molecule has 1 aliphatic rings. The zero-order valence-electron chi connectivity index (χ0n) is 14.0. The number of carboxylic acids is 1. The van der Waals surface area contributed by atoms with Gasteiger partial charge in [-0.1, -0.05) is 18.2 Å². The van der Waals surface area contributed by atoms with E-state index in [0.717, 1.165) is 24.3 Å². The van der Waals surface area contributed by atoms with Gasteiger partial charge in [-0.15, -0.1) is 12.4 Å². The lowest BCUT2D eigenvalue weighted by Gasteiger charge is -2.34. The Bertz CT molecular complexity index is 567. The molecule has 0 spiro atoms. The van der Waals surface area contributed by atoms with Gasteiger partial charge in [0.2, 0.25) is 5.91 Å².